The van der Waals surface area contributed by atoms with Crippen LogP contribution >= 0.6 is 0 Å². The van der Waals surface area contributed by atoms with Crippen molar-refractivity contribution in [3.63, 3.8) is 0 Å². The molecule has 0 aliphatic rings. The average Bonchev–Trinajstić information content (AvgIpc) is 2.16. The Kier molecular flexibility index (Phi) is 3.12. The third-order valence-electron chi connectivity index (χ3n) is 1.61. The molecule has 0 spiro atoms. The van der Waals surface area contributed by atoms with E-state index in [9.17, 15) is 4.79 Å². The van der Waals surface area contributed by atoms with Crippen molar-refractivity contribution in [3.05, 3.63) is 41.7 Å². The number of aryl methyl sites for hydroxylation is 1. The van der Waals surface area contributed by atoms with E-state index < -0.39 is 0 Å². The zero-order chi connectivity index (χ0) is 8.81. The van der Waals surface area contributed by atoms with Crippen molar-refractivity contribution in [1.82, 2.24) is 0 Å². The Labute approximate surface area is 71.2 Å². The Hall–Kier alpha value is -1.53. The Morgan fingerprint density at radius 1 is 1.33 bits per heavy atom. The molecule has 0 amide bonds. The fraction of sp³-hybridized carbons (Fsp3) is 0.200. The molecule has 0 heterocycles. The van der Waals surface area contributed by atoms with Crippen LogP contribution in [0.2, 0.25) is 0 Å². The topological polar surface area (TPSA) is 37.3 Å². The van der Waals surface area contributed by atoms with E-state index in [1.807, 2.05) is 30.3 Å². The number of hydrogen-bond acceptors (Lipinski definition) is 2. The predicted molar refractivity (Wildman–Crippen MR) is 46.6 cm³/mol. The van der Waals surface area contributed by atoms with Crippen molar-refractivity contribution in [3.8, 4) is 0 Å². The summed E-state index contributed by atoms with van der Waals surface area (Å²) < 4.78 is 0. The number of aliphatic hydroxyl groups excluding tert-OH is 1. The zero-order valence-electron chi connectivity index (χ0n) is 6.66. The van der Waals surface area contributed by atoms with Crippen LogP contribution in [0.5, 0.6) is 0 Å². The van der Waals surface area contributed by atoms with Gasteiger partial charge < -0.3 is 5.11 Å². The van der Waals surface area contributed by atoms with Crippen LogP contribution in [-0.4, -0.2) is 11.0 Å². The van der Waals surface area contributed by atoms with Gasteiger partial charge in [-0.05, 0) is 12.0 Å². The maximum absolute atomic E-state index is 9.91. The molecule has 0 aliphatic carbocycles. The van der Waals surface area contributed by atoms with Crippen molar-refractivity contribution in [2.75, 3.05) is 0 Å². The van der Waals surface area contributed by atoms with Gasteiger partial charge in [0.05, 0.1) is 0 Å². The molecule has 0 saturated carbocycles. The van der Waals surface area contributed by atoms with Gasteiger partial charge in [0, 0.05) is 6.42 Å². The van der Waals surface area contributed by atoms with Gasteiger partial charge in [0.25, 0.3) is 0 Å². The summed E-state index contributed by atoms with van der Waals surface area (Å²) in [5.74, 6) is 1.25. The van der Waals surface area contributed by atoms with Gasteiger partial charge in [0.15, 0.2) is 11.7 Å². The summed E-state index contributed by atoms with van der Waals surface area (Å²) in [6.07, 6.45) is 1.05. The van der Waals surface area contributed by atoms with Crippen LogP contribution in [0.1, 0.15) is 12.0 Å². The molecule has 1 rings (SSSR count). The summed E-state index contributed by atoms with van der Waals surface area (Å²) in [5, 5.41) is 8.81. The molecule has 2 nitrogen and oxygen atoms in total. The van der Waals surface area contributed by atoms with Gasteiger partial charge in [0.2, 0.25) is 0 Å². The summed E-state index contributed by atoms with van der Waals surface area (Å²) in [5.41, 5.74) is 1.11. The summed E-state index contributed by atoms with van der Waals surface area (Å²) in [4.78, 5) is 9.91. The van der Waals surface area contributed by atoms with Gasteiger partial charge in [-0.15, -0.1) is 0 Å². The second-order valence-electron chi connectivity index (χ2n) is 2.53. The minimum atomic E-state index is -0.209. The predicted octanol–water partition coefficient (Wildman–Crippen LogP) is 1.89. The third kappa shape index (κ3) is 2.60. The number of allylic oxidation sites excluding steroid dienone is 1. The maximum Gasteiger partial charge on any atom is 0.177 e. The minimum Gasteiger partial charge on any atom is -0.502 e. The molecule has 12 heavy (non-hydrogen) atoms. The van der Waals surface area contributed by atoms with E-state index in [-0.39, 0.29) is 5.76 Å². The van der Waals surface area contributed by atoms with Gasteiger partial charge >= 0.3 is 0 Å². The quantitative estimate of drug-likeness (QED) is 0.544. The lowest BCUT2D eigenvalue weighted by Gasteiger charge is -1.96. The molecule has 0 aromatic heterocycles. The molecule has 1 N–H and O–H groups in total. The fourth-order valence-corrected chi connectivity index (χ4v) is 0.958. The molecule has 62 valence electrons. The SMILES string of the molecule is O=C=C(O)CCc1ccccc1. The van der Waals surface area contributed by atoms with Crippen molar-refractivity contribution >= 4 is 5.94 Å². The second-order valence-corrected chi connectivity index (χ2v) is 2.53. The molecule has 2 heteroatoms. The van der Waals surface area contributed by atoms with Gasteiger partial charge in [-0.1, -0.05) is 30.3 Å². The number of benzene rings is 1. The van der Waals surface area contributed by atoms with Crippen LogP contribution in [0.4, 0.5) is 0 Å². The Morgan fingerprint density at radius 2 is 2.00 bits per heavy atom. The van der Waals surface area contributed by atoms with E-state index in [2.05, 4.69) is 0 Å². The molecule has 0 bridgehead atoms. The Morgan fingerprint density at radius 3 is 2.58 bits per heavy atom. The molecule has 0 atom stereocenters. The molecule has 0 unspecified atom stereocenters. The largest absolute Gasteiger partial charge is 0.502 e. The van der Waals surface area contributed by atoms with Crippen LogP contribution in [0.15, 0.2) is 36.1 Å². The molecule has 1 aromatic carbocycles. The maximum atomic E-state index is 9.91. The van der Waals surface area contributed by atoms with Crippen LogP contribution in [0.25, 0.3) is 0 Å². The summed E-state index contributed by atoms with van der Waals surface area (Å²) in [6.45, 7) is 0. The number of hydrogen-bond donors (Lipinski definition) is 1. The highest BCUT2D eigenvalue weighted by Gasteiger charge is 1.95. The van der Waals surface area contributed by atoms with E-state index in [0.717, 1.165) is 5.56 Å². The molecular formula is C10H10O2. The van der Waals surface area contributed by atoms with Gasteiger partial charge in [-0.2, -0.15) is 0 Å². The molecule has 0 saturated heterocycles. The molecule has 0 fully saturated rings. The number of aliphatic hydroxyl groups is 1. The fourth-order valence-electron chi connectivity index (χ4n) is 0.958. The van der Waals surface area contributed by atoms with Crippen LogP contribution < -0.4 is 0 Å². The lowest BCUT2D eigenvalue weighted by atomic mass is 10.1. The number of carbonyl (C=O) groups excluding carboxylic acids is 1. The van der Waals surface area contributed by atoms with Crippen LogP contribution in [-0.2, 0) is 11.2 Å². The van der Waals surface area contributed by atoms with E-state index >= 15 is 0 Å². The summed E-state index contributed by atoms with van der Waals surface area (Å²) in [7, 11) is 0. The number of rotatable bonds is 3. The van der Waals surface area contributed by atoms with E-state index in [1.54, 1.807) is 0 Å². The summed E-state index contributed by atoms with van der Waals surface area (Å²) >= 11 is 0. The molecule has 1 aromatic rings. The lowest BCUT2D eigenvalue weighted by Crippen LogP contribution is -1.88. The van der Waals surface area contributed by atoms with Gasteiger partial charge in [0.1, 0.15) is 0 Å². The van der Waals surface area contributed by atoms with E-state index in [0.29, 0.717) is 12.8 Å². The molecular weight excluding hydrogens is 152 g/mol. The highest BCUT2D eigenvalue weighted by atomic mass is 16.3. The lowest BCUT2D eigenvalue weighted by molar-refractivity contribution is 0.389. The third-order valence-corrected chi connectivity index (χ3v) is 1.61. The van der Waals surface area contributed by atoms with Crippen LogP contribution in [0.3, 0.4) is 0 Å². The van der Waals surface area contributed by atoms with Crippen molar-refractivity contribution in [2.45, 2.75) is 12.8 Å². The highest BCUT2D eigenvalue weighted by Crippen LogP contribution is 2.04. The van der Waals surface area contributed by atoms with Crippen molar-refractivity contribution < 1.29 is 9.90 Å². The normalized spacial score (nSPS) is 9.00. The van der Waals surface area contributed by atoms with E-state index in [4.69, 9.17) is 5.11 Å². The monoisotopic (exact) mass is 162 g/mol. The van der Waals surface area contributed by atoms with Crippen LogP contribution in [0, 0.1) is 0 Å². The first-order valence-electron chi connectivity index (χ1n) is 3.80. The molecule has 0 radical (unpaired) electrons. The first kappa shape index (κ1) is 8.57. The first-order chi connectivity index (χ1) is 5.83. The minimum absolute atomic E-state index is 0.209. The standard InChI is InChI=1S/C10H10O2/c11-8-10(12)7-6-9-4-2-1-3-5-9/h1-5,12H,6-7H2. The van der Waals surface area contributed by atoms with Crippen molar-refractivity contribution in [1.29, 1.82) is 0 Å². The Balaban J connectivity index is 2.49. The highest BCUT2D eigenvalue weighted by molar-refractivity contribution is 5.48. The zero-order valence-corrected chi connectivity index (χ0v) is 6.66. The molecule has 0 aliphatic heterocycles. The van der Waals surface area contributed by atoms with Crippen molar-refractivity contribution in [2.24, 2.45) is 0 Å². The average molecular weight is 162 g/mol. The first-order valence-corrected chi connectivity index (χ1v) is 3.80. The second kappa shape index (κ2) is 4.37. The van der Waals surface area contributed by atoms with Gasteiger partial charge in [-0.25, -0.2) is 4.79 Å². The summed E-state index contributed by atoms with van der Waals surface area (Å²) in [6, 6.07) is 9.70. The van der Waals surface area contributed by atoms with E-state index in [1.165, 1.54) is 5.94 Å². The smallest absolute Gasteiger partial charge is 0.177 e. The Bertz CT molecular complexity index is 284. The van der Waals surface area contributed by atoms with Gasteiger partial charge in [-0.3, -0.25) is 0 Å².